The molecule has 0 saturated heterocycles. The van der Waals surface area contributed by atoms with Gasteiger partial charge in [-0.1, -0.05) is 30.3 Å². The third-order valence-corrected chi connectivity index (χ3v) is 4.84. The second-order valence-electron chi connectivity index (χ2n) is 7.02. The van der Waals surface area contributed by atoms with Gasteiger partial charge in [-0.3, -0.25) is 9.59 Å². The molecule has 1 aromatic heterocycles. The number of nitrogens with one attached hydrogen (secondary N) is 1. The molecule has 3 rings (SSSR count). The van der Waals surface area contributed by atoms with Gasteiger partial charge < -0.3 is 14.8 Å². The molecule has 31 heavy (non-hydrogen) atoms. The van der Waals surface area contributed by atoms with Crippen molar-refractivity contribution in [1.29, 1.82) is 0 Å². The maximum absolute atomic E-state index is 12.2. The van der Waals surface area contributed by atoms with Crippen LogP contribution in [-0.4, -0.2) is 31.1 Å². The van der Waals surface area contributed by atoms with Gasteiger partial charge in [0.25, 0.3) is 0 Å². The Morgan fingerprint density at radius 2 is 1.61 bits per heavy atom. The van der Waals surface area contributed by atoms with Gasteiger partial charge in [0.05, 0.1) is 25.6 Å². The zero-order valence-electron chi connectivity index (χ0n) is 17.8. The number of anilines is 1. The van der Waals surface area contributed by atoms with Crippen LogP contribution in [0, 0.1) is 0 Å². The number of amides is 1. The van der Waals surface area contributed by atoms with Gasteiger partial charge in [0, 0.05) is 29.7 Å². The second-order valence-corrected chi connectivity index (χ2v) is 7.02. The van der Waals surface area contributed by atoms with Crippen LogP contribution in [0.2, 0.25) is 0 Å². The molecule has 0 aliphatic carbocycles. The van der Waals surface area contributed by atoms with E-state index in [2.05, 4.69) is 10.1 Å². The molecule has 0 atom stereocenters. The van der Waals surface area contributed by atoms with Crippen LogP contribution in [-0.2, 0) is 14.3 Å². The highest BCUT2D eigenvalue weighted by Crippen LogP contribution is 2.30. The minimum Gasteiger partial charge on any atom is -0.496 e. The predicted octanol–water partition coefficient (Wildman–Crippen LogP) is 5.10. The van der Waals surface area contributed by atoms with E-state index in [1.54, 1.807) is 7.11 Å². The number of esters is 1. The minimum absolute atomic E-state index is 0.0854. The highest BCUT2D eigenvalue weighted by Gasteiger charge is 2.09. The number of pyridine rings is 1. The molecular weight excluding hydrogens is 392 g/mol. The largest absolute Gasteiger partial charge is 0.496 e. The molecule has 1 heterocycles. The van der Waals surface area contributed by atoms with Crippen molar-refractivity contribution < 1.29 is 19.1 Å². The summed E-state index contributed by atoms with van der Waals surface area (Å²) in [5, 5.41) is 2.92. The van der Waals surface area contributed by atoms with E-state index in [1.807, 2.05) is 66.7 Å². The molecule has 0 aliphatic rings. The average molecular weight is 418 g/mol. The number of hydrogen-bond acceptors (Lipinski definition) is 5. The predicted molar refractivity (Wildman–Crippen MR) is 121 cm³/mol. The number of methoxy groups -OCH3 is 2. The molecule has 3 aromatic rings. The summed E-state index contributed by atoms with van der Waals surface area (Å²) in [5.41, 5.74) is 4.15. The molecule has 1 amide bonds. The van der Waals surface area contributed by atoms with Crippen molar-refractivity contribution in [1.82, 2.24) is 4.98 Å². The Kier molecular flexibility index (Phi) is 7.76. The molecule has 160 valence electrons. The highest BCUT2D eigenvalue weighted by molar-refractivity contribution is 5.91. The summed E-state index contributed by atoms with van der Waals surface area (Å²) in [6.45, 7) is 0. The van der Waals surface area contributed by atoms with E-state index in [-0.39, 0.29) is 11.9 Å². The summed E-state index contributed by atoms with van der Waals surface area (Å²) in [6, 6.07) is 21.2. The van der Waals surface area contributed by atoms with Crippen molar-refractivity contribution in [3.8, 4) is 28.3 Å². The minimum atomic E-state index is -0.254. The van der Waals surface area contributed by atoms with Gasteiger partial charge in [0.1, 0.15) is 5.75 Å². The Hall–Kier alpha value is -3.67. The molecule has 0 unspecified atom stereocenters. The molecule has 6 nitrogen and oxygen atoms in total. The number of carbonyl (C=O) groups excluding carboxylic acids is 2. The Bertz CT molecular complexity index is 1050. The molecule has 0 fully saturated rings. The lowest BCUT2D eigenvalue weighted by Crippen LogP contribution is -2.11. The van der Waals surface area contributed by atoms with Crippen LogP contribution < -0.4 is 10.1 Å². The number of carbonyl (C=O) groups is 2. The van der Waals surface area contributed by atoms with Gasteiger partial charge in [-0.05, 0) is 49.2 Å². The summed E-state index contributed by atoms with van der Waals surface area (Å²) >= 11 is 0. The average Bonchev–Trinajstić information content (AvgIpc) is 2.82. The van der Waals surface area contributed by atoms with Crippen molar-refractivity contribution in [3.05, 3.63) is 66.7 Å². The van der Waals surface area contributed by atoms with Crippen LogP contribution in [0.15, 0.2) is 66.7 Å². The van der Waals surface area contributed by atoms with Gasteiger partial charge in [0.15, 0.2) is 0 Å². The van der Waals surface area contributed by atoms with Gasteiger partial charge in [-0.25, -0.2) is 4.98 Å². The zero-order valence-corrected chi connectivity index (χ0v) is 17.8. The van der Waals surface area contributed by atoms with E-state index in [4.69, 9.17) is 9.72 Å². The summed E-state index contributed by atoms with van der Waals surface area (Å²) < 4.78 is 10.1. The fraction of sp³-hybridized carbons (Fsp3) is 0.240. The molecule has 6 heteroatoms. The van der Waals surface area contributed by atoms with Crippen molar-refractivity contribution in [2.24, 2.45) is 0 Å². The number of unbranched alkanes of at least 4 members (excludes halogenated alkanes) is 1. The Morgan fingerprint density at radius 3 is 2.42 bits per heavy atom. The lowest BCUT2D eigenvalue weighted by atomic mass is 10.1. The molecule has 0 aliphatic heterocycles. The number of ether oxygens (including phenoxy) is 2. The normalized spacial score (nSPS) is 10.4. The molecule has 0 saturated carbocycles. The maximum Gasteiger partial charge on any atom is 0.305 e. The highest BCUT2D eigenvalue weighted by atomic mass is 16.5. The summed E-state index contributed by atoms with van der Waals surface area (Å²) in [6.07, 6.45) is 1.93. The molecule has 0 radical (unpaired) electrons. The van der Waals surface area contributed by atoms with Crippen LogP contribution in [0.4, 0.5) is 5.69 Å². The van der Waals surface area contributed by atoms with Crippen LogP contribution in [0.25, 0.3) is 22.5 Å². The van der Waals surface area contributed by atoms with Crippen LogP contribution in [0.3, 0.4) is 0 Å². The Balaban J connectivity index is 1.69. The first-order valence-electron chi connectivity index (χ1n) is 10.2. The first-order chi connectivity index (χ1) is 15.1. The van der Waals surface area contributed by atoms with E-state index >= 15 is 0 Å². The summed E-state index contributed by atoms with van der Waals surface area (Å²) in [7, 11) is 3.01. The smallest absolute Gasteiger partial charge is 0.305 e. The third kappa shape index (κ3) is 6.15. The number of para-hydroxylation sites is 1. The van der Waals surface area contributed by atoms with Crippen LogP contribution in [0.5, 0.6) is 5.75 Å². The van der Waals surface area contributed by atoms with Crippen molar-refractivity contribution in [3.63, 3.8) is 0 Å². The second kappa shape index (κ2) is 10.9. The molecule has 0 spiro atoms. The molecule has 0 bridgehead atoms. The van der Waals surface area contributed by atoms with Gasteiger partial charge in [-0.15, -0.1) is 0 Å². The van der Waals surface area contributed by atoms with Gasteiger partial charge >= 0.3 is 5.97 Å². The zero-order chi connectivity index (χ0) is 22.1. The maximum atomic E-state index is 12.2. The third-order valence-electron chi connectivity index (χ3n) is 4.84. The van der Waals surface area contributed by atoms with Crippen LogP contribution >= 0.6 is 0 Å². The fourth-order valence-electron chi connectivity index (χ4n) is 3.24. The molecular formula is C25H26N2O4. The fourth-order valence-corrected chi connectivity index (χ4v) is 3.24. The lowest BCUT2D eigenvalue weighted by Gasteiger charge is -2.10. The summed E-state index contributed by atoms with van der Waals surface area (Å²) in [5.74, 6) is 0.425. The van der Waals surface area contributed by atoms with E-state index < -0.39 is 0 Å². The Morgan fingerprint density at radius 1 is 0.871 bits per heavy atom. The van der Waals surface area contributed by atoms with E-state index in [0.29, 0.717) is 31.4 Å². The lowest BCUT2D eigenvalue weighted by molar-refractivity contribution is -0.140. The number of benzene rings is 2. The van der Waals surface area contributed by atoms with Gasteiger partial charge in [-0.2, -0.15) is 0 Å². The SMILES string of the molecule is COC(=O)CCCCC(=O)Nc1cccc(-c2cccc(-c3ccccc3OC)n2)c1. The molecule has 2 aromatic carbocycles. The van der Waals surface area contributed by atoms with E-state index in [9.17, 15) is 9.59 Å². The summed E-state index contributed by atoms with van der Waals surface area (Å²) in [4.78, 5) is 28.2. The standard InChI is InChI=1S/C25H26N2O4/c1-30-23-14-4-3-11-20(23)22-13-8-12-21(27-22)18-9-7-10-19(17-18)26-24(28)15-5-6-16-25(29)31-2/h3-4,7-14,17H,5-6,15-16H2,1-2H3,(H,26,28). The monoisotopic (exact) mass is 418 g/mol. The van der Waals surface area contributed by atoms with E-state index in [0.717, 1.165) is 28.3 Å². The molecule has 1 N–H and O–H groups in total. The number of nitrogens with zero attached hydrogens (tertiary/aromatic N) is 1. The Labute approximate surface area is 182 Å². The van der Waals surface area contributed by atoms with Crippen molar-refractivity contribution in [2.75, 3.05) is 19.5 Å². The first kappa shape index (κ1) is 22.0. The van der Waals surface area contributed by atoms with Crippen LogP contribution in [0.1, 0.15) is 25.7 Å². The quantitative estimate of drug-likeness (QED) is 0.387. The van der Waals surface area contributed by atoms with Crippen molar-refractivity contribution >= 4 is 17.6 Å². The van der Waals surface area contributed by atoms with E-state index in [1.165, 1.54) is 7.11 Å². The number of aromatic nitrogens is 1. The van der Waals surface area contributed by atoms with Crippen molar-refractivity contribution in [2.45, 2.75) is 25.7 Å². The van der Waals surface area contributed by atoms with Gasteiger partial charge in [0.2, 0.25) is 5.91 Å². The first-order valence-corrected chi connectivity index (χ1v) is 10.2. The number of rotatable bonds is 9. The number of hydrogen-bond donors (Lipinski definition) is 1. The topological polar surface area (TPSA) is 77.5 Å².